The van der Waals surface area contributed by atoms with Crippen LogP contribution in [0, 0.1) is 5.41 Å². The van der Waals surface area contributed by atoms with Gasteiger partial charge in [0.1, 0.15) is 0 Å². The van der Waals surface area contributed by atoms with Crippen LogP contribution in [0.2, 0.25) is 0 Å². The Morgan fingerprint density at radius 2 is 2.19 bits per heavy atom. The van der Waals surface area contributed by atoms with Gasteiger partial charge in [0.25, 0.3) is 0 Å². The average molecular weight is 312 g/mol. The molecule has 0 aromatic carbocycles. The van der Waals surface area contributed by atoms with Crippen LogP contribution < -0.4 is 0 Å². The molecular weight excluding hydrogens is 288 g/mol. The molecule has 0 radical (unpaired) electrons. The molecule has 0 bridgehead atoms. The van der Waals surface area contributed by atoms with Gasteiger partial charge >= 0.3 is 6.09 Å². The summed E-state index contributed by atoms with van der Waals surface area (Å²) in [5.74, 6) is 0.280. The lowest BCUT2D eigenvalue weighted by Gasteiger charge is -2.44. The summed E-state index contributed by atoms with van der Waals surface area (Å²) in [7, 11) is 0. The number of likely N-dealkylation sites (tertiary alicyclic amines) is 1. The molecule has 6 heteroatoms. The van der Waals surface area contributed by atoms with Crippen LogP contribution in [0.1, 0.15) is 63.3 Å². The highest BCUT2D eigenvalue weighted by Crippen LogP contribution is 2.40. The van der Waals surface area contributed by atoms with Gasteiger partial charge in [0, 0.05) is 23.9 Å². The number of carbonyl (C=O) groups is 1. The molecule has 3 atom stereocenters. The minimum absolute atomic E-state index is 0.00681. The summed E-state index contributed by atoms with van der Waals surface area (Å²) in [6.45, 7) is 8.51. The minimum atomic E-state index is -0.836. The molecule has 5 nitrogen and oxygen atoms in total. The van der Waals surface area contributed by atoms with Crippen molar-refractivity contribution in [1.82, 2.24) is 9.88 Å². The molecular formula is C15H24N2O3S. The molecule has 0 aliphatic carbocycles. The molecule has 1 aliphatic heterocycles. The topological polar surface area (TPSA) is 73.7 Å². The zero-order valence-corrected chi connectivity index (χ0v) is 13.9. The summed E-state index contributed by atoms with van der Waals surface area (Å²) in [6.07, 6.45) is 0.207. The van der Waals surface area contributed by atoms with Crippen molar-refractivity contribution in [2.24, 2.45) is 5.41 Å². The molecule has 3 unspecified atom stereocenters. The second-order valence-corrected chi connectivity index (χ2v) is 7.76. The van der Waals surface area contributed by atoms with E-state index in [1.54, 1.807) is 23.2 Å². The highest BCUT2D eigenvalue weighted by atomic mass is 32.1. The Morgan fingerprint density at radius 3 is 2.67 bits per heavy atom. The van der Waals surface area contributed by atoms with Crippen LogP contribution in [0.5, 0.6) is 0 Å². The van der Waals surface area contributed by atoms with Gasteiger partial charge in [0.05, 0.1) is 16.8 Å². The van der Waals surface area contributed by atoms with Crippen LogP contribution in [-0.4, -0.2) is 38.8 Å². The van der Waals surface area contributed by atoms with Gasteiger partial charge in [0.15, 0.2) is 0 Å². The predicted molar refractivity (Wildman–Crippen MR) is 82.7 cm³/mol. The number of carboxylic acid groups (broad SMARTS) is 1. The van der Waals surface area contributed by atoms with Crippen molar-refractivity contribution in [2.45, 2.75) is 58.6 Å². The maximum atomic E-state index is 11.4. The van der Waals surface area contributed by atoms with Crippen LogP contribution >= 0.6 is 11.3 Å². The number of hydrogen-bond donors (Lipinski definition) is 2. The van der Waals surface area contributed by atoms with Crippen molar-refractivity contribution in [2.75, 3.05) is 6.54 Å². The lowest BCUT2D eigenvalue weighted by atomic mass is 9.77. The standard InChI is InChI=1S/C15H24N2O3S/c1-9(18)11-8-21-13(16-11)10-5-6-17(14(19)20)12(7-10)15(2,3)4/h8-10,12,18H,5-7H2,1-4H3,(H,19,20). The average Bonchev–Trinajstić information content (AvgIpc) is 2.86. The third kappa shape index (κ3) is 3.55. The fraction of sp³-hybridized carbons (Fsp3) is 0.733. The second kappa shape index (κ2) is 5.93. The zero-order chi connectivity index (χ0) is 15.8. The lowest BCUT2D eigenvalue weighted by molar-refractivity contribution is 0.0525. The van der Waals surface area contributed by atoms with Crippen LogP contribution in [0.25, 0.3) is 0 Å². The Hall–Kier alpha value is -1.14. The SMILES string of the molecule is CC(O)c1csc(C2CCN(C(=O)O)C(C(C)(C)C)C2)n1. The summed E-state index contributed by atoms with van der Waals surface area (Å²) in [5.41, 5.74) is 0.615. The van der Waals surface area contributed by atoms with E-state index < -0.39 is 12.2 Å². The van der Waals surface area contributed by atoms with E-state index in [0.717, 1.165) is 17.8 Å². The Bertz CT molecular complexity index is 507. The van der Waals surface area contributed by atoms with Crippen molar-refractivity contribution < 1.29 is 15.0 Å². The largest absolute Gasteiger partial charge is 0.465 e. The molecule has 1 fully saturated rings. The molecule has 2 rings (SSSR count). The Morgan fingerprint density at radius 1 is 1.52 bits per heavy atom. The Labute approximate surface area is 129 Å². The summed E-state index contributed by atoms with van der Waals surface area (Å²) in [5, 5.41) is 21.9. The van der Waals surface area contributed by atoms with Crippen molar-refractivity contribution >= 4 is 17.4 Å². The van der Waals surface area contributed by atoms with Gasteiger partial charge in [-0.15, -0.1) is 11.3 Å². The maximum Gasteiger partial charge on any atom is 0.407 e. The number of aromatic nitrogens is 1. The first-order chi connectivity index (χ1) is 9.70. The van der Waals surface area contributed by atoms with E-state index in [1.165, 1.54) is 0 Å². The van der Waals surface area contributed by atoms with Crippen LogP contribution in [0.3, 0.4) is 0 Å². The van der Waals surface area contributed by atoms with Crippen molar-refractivity contribution in [3.8, 4) is 0 Å². The monoisotopic (exact) mass is 312 g/mol. The van der Waals surface area contributed by atoms with Gasteiger partial charge in [-0.1, -0.05) is 20.8 Å². The molecule has 0 saturated carbocycles. The molecule has 118 valence electrons. The van der Waals surface area contributed by atoms with Crippen molar-refractivity contribution in [1.29, 1.82) is 0 Å². The molecule has 1 aliphatic rings. The van der Waals surface area contributed by atoms with E-state index in [9.17, 15) is 15.0 Å². The molecule has 1 saturated heterocycles. The van der Waals surface area contributed by atoms with Gasteiger partial charge in [-0.3, -0.25) is 0 Å². The van der Waals surface area contributed by atoms with E-state index in [4.69, 9.17) is 0 Å². The number of aliphatic hydroxyl groups excluding tert-OH is 1. The third-order valence-corrected chi connectivity index (χ3v) is 5.19. The smallest absolute Gasteiger partial charge is 0.407 e. The predicted octanol–water partition coefficient (Wildman–Crippen LogP) is 3.47. The number of thiazole rings is 1. The van der Waals surface area contributed by atoms with E-state index >= 15 is 0 Å². The first-order valence-corrected chi connectivity index (χ1v) is 8.21. The number of hydrogen-bond acceptors (Lipinski definition) is 4. The van der Waals surface area contributed by atoms with E-state index in [-0.39, 0.29) is 17.4 Å². The third-order valence-electron chi connectivity index (χ3n) is 4.16. The van der Waals surface area contributed by atoms with Crippen LogP contribution in [0.4, 0.5) is 4.79 Å². The molecule has 21 heavy (non-hydrogen) atoms. The molecule has 2 N–H and O–H groups in total. The second-order valence-electron chi connectivity index (χ2n) is 6.87. The Balaban J connectivity index is 2.19. The highest BCUT2D eigenvalue weighted by Gasteiger charge is 2.39. The number of aliphatic hydroxyl groups is 1. The van der Waals surface area contributed by atoms with Gasteiger partial charge in [-0.2, -0.15) is 0 Å². The van der Waals surface area contributed by atoms with E-state index in [0.29, 0.717) is 12.2 Å². The first-order valence-electron chi connectivity index (χ1n) is 7.33. The van der Waals surface area contributed by atoms with Gasteiger partial charge in [0.2, 0.25) is 0 Å². The molecule has 1 aromatic rings. The fourth-order valence-electron chi connectivity index (χ4n) is 2.92. The van der Waals surface area contributed by atoms with Crippen molar-refractivity contribution in [3.05, 3.63) is 16.1 Å². The zero-order valence-electron chi connectivity index (χ0n) is 13.0. The van der Waals surface area contributed by atoms with Gasteiger partial charge in [-0.25, -0.2) is 9.78 Å². The summed E-state index contributed by atoms with van der Waals surface area (Å²) < 4.78 is 0. The number of piperidine rings is 1. The summed E-state index contributed by atoms with van der Waals surface area (Å²) >= 11 is 1.57. The molecule has 1 amide bonds. The Kier molecular flexibility index (Phi) is 4.58. The fourth-order valence-corrected chi connectivity index (χ4v) is 3.98. The first kappa shape index (κ1) is 16.2. The van der Waals surface area contributed by atoms with Crippen LogP contribution in [0.15, 0.2) is 5.38 Å². The number of amides is 1. The lowest BCUT2D eigenvalue weighted by Crippen LogP contribution is -2.51. The quantitative estimate of drug-likeness (QED) is 0.877. The minimum Gasteiger partial charge on any atom is -0.465 e. The molecule has 0 spiro atoms. The van der Waals surface area contributed by atoms with Gasteiger partial charge in [-0.05, 0) is 25.2 Å². The van der Waals surface area contributed by atoms with Gasteiger partial charge < -0.3 is 15.1 Å². The summed E-state index contributed by atoms with van der Waals surface area (Å²) in [6, 6.07) is -0.00681. The maximum absolute atomic E-state index is 11.4. The van der Waals surface area contributed by atoms with Crippen LogP contribution in [-0.2, 0) is 0 Å². The van der Waals surface area contributed by atoms with Crippen molar-refractivity contribution in [3.63, 3.8) is 0 Å². The normalized spacial score (nSPS) is 24.9. The highest BCUT2D eigenvalue weighted by molar-refractivity contribution is 7.09. The van der Waals surface area contributed by atoms with E-state index in [1.807, 2.05) is 5.38 Å². The number of nitrogens with zero attached hydrogens (tertiary/aromatic N) is 2. The summed E-state index contributed by atoms with van der Waals surface area (Å²) in [4.78, 5) is 17.5. The number of rotatable bonds is 2. The molecule has 2 heterocycles. The molecule has 1 aromatic heterocycles. The van der Waals surface area contributed by atoms with E-state index in [2.05, 4.69) is 25.8 Å².